The highest BCUT2D eigenvalue weighted by Crippen LogP contribution is 2.44. The molecule has 204 valence electrons. The number of ketones is 1. The fourth-order valence-corrected chi connectivity index (χ4v) is 6.22. The number of Topliss-reactive ketones (excluding diaryl/α,β-unsaturated/α-hetero) is 1. The molecule has 0 saturated carbocycles. The highest BCUT2D eigenvalue weighted by atomic mass is 32.2. The van der Waals surface area contributed by atoms with Gasteiger partial charge >= 0.3 is 5.91 Å². The molecule has 1 saturated heterocycles. The zero-order chi connectivity index (χ0) is 28.1. The number of benzene rings is 3. The first-order valence-electron chi connectivity index (χ1n) is 12.8. The van der Waals surface area contributed by atoms with Crippen molar-refractivity contribution in [2.24, 2.45) is 0 Å². The van der Waals surface area contributed by atoms with E-state index < -0.39 is 17.7 Å². The van der Waals surface area contributed by atoms with Crippen LogP contribution in [0.4, 0.5) is 5.13 Å². The average Bonchev–Trinajstić information content (AvgIpc) is 3.55. The molecular formula is C30H27N3O5S2. The lowest BCUT2D eigenvalue weighted by Crippen LogP contribution is -2.29. The third-order valence-corrected chi connectivity index (χ3v) is 8.30. The van der Waals surface area contributed by atoms with E-state index in [9.17, 15) is 14.7 Å². The van der Waals surface area contributed by atoms with E-state index in [4.69, 9.17) is 9.47 Å². The first-order valence-corrected chi connectivity index (χ1v) is 14.6. The van der Waals surface area contributed by atoms with Gasteiger partial charge in [0.15, 0.2) is 4.34 Å². The molecule has 3 aromatic carbocycles. The first kappa shape index (κ1) is 27.4. The summed E-state index contributed by atoms with van der Waals surface area (Å²) in [6.07, 6.45) is 0. The van der Waals surface area contributed by atoms with Gasteiger partial charge in [0.1, 0.15) is 17.3 Å². The van der Waals surface area contributed by atoms with Gasteiger partial charge in [-0.3, -0.25) is 14.5 Å². The zero-order valence-electron chi connectivity index (χ0n) is 21.9. The number of aliphatic hydroxyl groups excluding tert-OH is 1. The SMILES string of the molecule is CCOc1ccc(/C(O)=C2\C(=O)C(=O)N(c3nnc(SCc4ccccc4)s3)C2c2cccc(OCC)c2)cc1. The second kappa shape index (κ2) is 12.4. The van der Waals surface area contributed by atoms with E-state index >= 15 is 0 Å². The minimum atomic E-state index is -0.924. The molecule has 0 radical (unpaired) electrons. The molecule has 10 heteroatoms. The quantitative estimate of drug-likeness (QED) is 0.0781. The number of thioether (sulfide) groups is 1. The minimum Gasteiger partial charge on any atom is -0.507 e. The van der Waals surface area contributed by atoms with Crippen molar-refractivity contribution < 1.29 is 24.2 Å². The molecule has 1 aromatic heterocycles. The molecule has 8 nitrogen and oxygen atoms in total. The summed E-state index contributed by atoms with van der Waals surface area (Å²) in [6, 6.07) is 22.9. The van der Waals surface area contributed by atoms with Gasteiger partial charge in [-0.1, -0.05) is 65.6 Å². The molecule has 1 aliphatic heterocycles. The molecule has 1 unspecified atom stereocenters. The molecular weight excluding hydrogens is 546 g/mol. The van der Waals surface area contributed by atoms with Gasteiger partial charge < -0.3 is 14.6 Å². The van der Waals surface area contributed by atoms with E-state index in [0.29, 0.717) is 45.9 Å². The van der Waals surface area contributed by atoms with Crippen molar-refractivity contribution in [3.63, 3.8) is 0 Å². The van der Waals surface area contributed by atoms with Crippen LogP contribution >= 0.6 is 23.1 Å². The number of nitrogens with zero attached hydrogens (tertiary/aromatic N) is 3. The number of aliphatic hydroxyl groups is 1. The standard InChI is InChI=1S/C30H27N3O5S2/c1-3-37-22-15-13-20(14-16-22)26(34)24-25(21-11-8-12-23(17-21)38-4-2)33(28(36)27(24)35)29-31-32-30(40-29)39-18-19-9-6-5-7-10-19/h5-17,25,34H,3-4,18H2,1-2H3/b26-24+. The highest BCUT2D eigenvalue weighted by molar-refractivity contribution is 8.00. The lowest BCUT2D eigenvalue weighted by atomic mass is 9.95. The summed E-state index contributed by atoms with van der Waals surface area (Å²) in [5, 5.41) is 20.2. The summed E-state index contributed by atoms with van der Waals surface area (Å²) < 4.78 is 11.8. The largest absolute Gasteiger partial charge is 0.507 e. The molecule has 4 aromatic rings. The monoisotopic (exact) mass is 573 g/mol. The van der Waals surface area contributed by atoms with Crippen LogP contribution in [0.3, 0.4) is 0 Å². The van der Waals surface area contributed by atoms with Crippen molar-refractivity contribution in [3.05, 3.63) is 101 Å². The second-order valence-corrected chi connectivity index (χ2v) is 10.9. The summed E-state index contributed by atoms with van der Waals surface area (Å²) in [5.41, 5.74) is 2.10. The number of rotatable bonds is 10. The van der Waals surface area contributed by atoms with Crippen molar-refractivity contribution >= 4 is 45.7 Å². The molecule has 1 aliphatic rings. The van der Waals surface area contributed by atoms with E-state index in [1.165, 1.54) is 28.0 Å². The molecule has 1 amide bonds. The number of anilines is 1. The Morgan fingerprint density at radius 3 is 2.38 bits per heavy atom. The first-order chi connectivity index (χ1) is 19.5. The van der Waals surface area contributed by atoms with Crippen molar-refractivity contribution in [1.82, 2.24) is 10.2 Å². The van der Waals surface area contributed by atoms with Gasteiger partial charge in [0.25, 0.3) is 5.78 Å². The Morgan fingerprint density at radius 1 is 0.925 bits per heavy atom. The maximum absolute atomic E-state index is 13.5. The van der Waals surface area contributed by atoms with Gasteiger partial charge in [-0.2, -0.15) is 0 Å². The zero-order valence-corrected chi connectivity index (χ0v) is 23.6. The Hall–Kier alpha value is -4.15. The van der Waals surface area contributed by atoms with E-state index in [-0.39, 0.29) is 16.5 Å². The average molecular weight is 574 g/mol. The lowest BCUT2D eigenvalue weighted by Gasteiger charge is -2.23. The lowest BCUT2D eigenvalue weighted by molar-refractivity contribution is -0.132. The third kappa shape index (κ3) is 5.73. The minimum absolute atomic E-state index is 0.0310. The van der Waals surface area contributed by atoms with Crippen LogP contribution in [0.2, 0.25) is 0 Å². The normalized spacial score (nSPS) is 16.4. The van der Waals surface area contributed by atoms with Crippen LogP contribution in [0.1, 0.15) is 36.6 Å². The smallest absolute Gasteiger partial charge is 0.301 e. The summed E-state index contributed by atoms with van der Waals surface area (Å²) >= 11 is 2.73. The summed E-state index contributed by atoms with van der Waals surface area (Å²) in [7, 11) is 0. The Morgan fingerprint density at radius 2 is 1.65 bits per heavy atom. The molecule has 1 N–H and O–H groups in total. The topological polar surface area (TPSA) is 102 Å². The Bertz CT molecular complexity index is 1540. The van der Waals surface area contributed by atoms with Crippen LogP contribution in [0.15, 0.2) is 88.8 Å². The predicted molar refractivity (Wildman–Crippen MR) is 156 cm³/mol. The third-order valence-electron chi connectivity index (χ3n) is 6.18. The molecule has 0 spiro atoms. The highest BCUT2D eigenvalue weighted by Gasteiger charge is 2.48. The number of amides is 1. The number of hydrogen-bond acceptors (Lipinski definition) is 9. The van der Waals surface area contributed by atoms with E-state index in [1.54, 1.807) is 48.5 Å². The van der Waals surface area contributed by atoms with Crippen molar-refractivity contribution in [3.8, 4) is 11.5 Å². The van der Waals surface area contributed by atoms with Gasteiger partial charge in [0.05, 0.1) is 24.8 Å². The molecule has 40 heavy (non-hydrogen) atoms. The second-order valence-electron chi connectivity index (χ2n) is 8.76. The number of carbonyl (C=O) groups excluding carboxylic acids is 2. The number of carbonyl (C=O) groups is 2. The summed E-state index contributed by atoms with van der Waals surface area (Å²) in [4.78, 5) is 28.3. The van der Waals surface area contributed by atoms with Crippen LogP contribution < -0.4 is 14.4 Å². The van der Waals surface area contributed by atoms with E-state index in [1.807, 2.05) is 44.2 Å². The van der Waals surface area contributed by atoms with Crippen LogP contribution in [0.25, 0.3) is 5.76 Å². The van der Waals surface area contributed by atoms with E-state index in [0.717, 1.165) is 5.56 Å². The number of hydrogen-bond donors (Lipinski definition) is 1. The summed E-state index contributed by atoms with van der Waals surface area (Å²) in [6.45, 7) is 4.71. The van der Waals surface area contributed by atoms with Crippen molar-refractivity contribution in [1.29, 1.82) is 0 Å². The fraction of sp³-hybridized carbons (Fsp3) is 0.200. The van der Waals surface area contributed by atoms with Gasteiger partial charge in [-0.15, -0.1) is 10.2 Å². The summed E-state index contributed by atoms with van der Waals surface area (Å²) in [5.74, 6) is 0.0463. The number of ether oxygens (including phenoxy) is 2. The van der Waals surface area contributed by atoms with Crippen molar-refractivity contribution in [2.45, 2.75) is 30.0 Å². The van der Waals surface area contributed by atoms with Gasteiger partial charge in [-0.25, -0.2) is 0 Å². The molecule has 1 fully saturated rings. The van der Waals surface area contributed by atoms with Gasteiger partial charge in [-0.05, 0) is 61.4 Å². The Kier molecular flexibility index (Phi) is 8.47. The number of aromatic nitrogens is 2. The van der Waals surface area contributed by atoms with Crippen molar-refractivity contribution in [2.75, 3.05) is 18.1 Å². The van der Waals surface area contributed by atoms with Gasteiger partial charge in [0, 0.05) is 11.3 Å². The molecule has 0 bridgehead atoms. The Labute approximate surface area is 240 Å². The van der Waals surface area contributed by atoms with Crippen LogP contribution in [-0.4, -0.2) is 40.2 Å². The maximum Gasteiger partial charge on any atom is 0.301 e. The molecule has 2 heterocycles. The maximum atomic E-state index is 13.5. The Balaban J connectivity index is 1.55. The van der Waals surface area contributed by atoms with Gasteiger partial charge in [0.2, 0.25) is 5.13 Å². The molecule has 1 atom stereocenters. The predicted octanol–water partition coefficient (Wildman–Crippen LogP) is 6.25. The van der Waals surface area contributed by atoms with E-state index in [2.05, 4.69) is 10.2 Å². The van der Waals surface area contributed by atoms with Crippen LogP contribution in [0, 0.1) is 0 Å². The molecule has 5 rings (SSSR count). The van der Waals surface area contributed by atoms with Crippen LogP contribution in [0.5, 0.6) is 11.5 Å². The molecule has 0 aliphatic carbocycles. The fourth-order valence-electron chi connectivity index (χ4n) is 4.40. The van der Waals surface area contributed by atoms with Crippen LogP contribution in [-0.2, 0) is 15.3 Å².